The van der Waals surface area contributed by atoms with Crippen LogP contribution in [0.2, 0.25) is 0 Å². The van der Waals surface area contributed by atoms with Gasteiger partial charge in [-0.15, -0.1) is 21.5 Å². The second-order valence-electron chi connectivity index (χ2n) is 7.30. The quantitative estimate of drug-likeness (QED) is 0.874. The van der Waals surface area contributed by atoms with Crippen LogP contribution in [0.4, 0.5) is 0 Å². The lowest BCUT2D eigenvalue weighted by Gasteiger charge is -2.27. The summed E-state index contributed by atoms with van der Waals surface area (Å²) in [5.41, 5.74) is 0. The van der Waals surface area contributed by atoms with Gasteiger partial charge in [0.15, 0.2) is 5.82 Å². The highest BCUT2D eigenvalue weighted by Crippen LogP contribution is 2.32. The van der Waals surface area contributed by atoms with Crippen LogP contribution in [0.5, 0.6) is 0 Å². The normalized spacial score (nSPS) is 20.8. The number of hydrogen-bond acceptors (Lipinski definition) is 5. The number of fused-ring (bicyclic) bond motifs is 1. The van der Waals surface area contributed by atoms with Gasteiger partial charge < -0.3 is 14.8 Å². The van der Waals surface area contributed by atoms with E-state index < -0.39 is 6.04 Å². The summed E-state index contributed by atoms with van der Waals surface area (Å²) in [6.45, 7) is 3.39. The van der Waals surface area contributed by atoms with Crippen molar-refractivity contribution in [2.45, 2.75) is 64.1 Å². The van der Waals surface area contributed by atoms with Crippen molar-refractivity contribution in [3.8, 4) is 0 Å². The maximum Gasteiger partial charge on any atom is 0.261 e. The van der Waals surface area contributed by atoms with Crippen LogP contribution in [0.3, 0.4) is 0 Å². The number of rotatable bonds is 4. The van der Waals surface area contributed by atoms with Crippen LogP contribution >= 0.6 is 11.3 Å². The molecule has 2 unspecified atom stereocenters. The first kappa shape index (κ1) is 18.2. The number of aryl methyl sites for hydroxylation is 1. The molecule has 0 aliphatic carbocycles. The van der Waals surface area contributed by atoms with Crippen molar-refractivity contribution in [3.05, 3.63) is 34.0 Å². The highest BCUT2D eigenvalue weighted by Gasteiger charge is 2.36. The lowest BCUT2D eigenvalue weighted by molar-refractivity contribution is -0.134. The van der Waals surface area contributed by atoms with Gasteiger partial charge in [0.2, 0.25) is 5.91 Å². The molecule has 0 radical (unpaired) electrons. The molecule has 8 heteroatoms. The number of hydrogen-bond donors (Lipinski definition) is 1. The molecule has 0 saturated carbocycles. The number of nitrogens with one attached hydrogen (secondary N) is 1. The Morgan fingerprint density at radius 3 is 2.93 bits per heavy atom. The molecule has 1 fully saturated rings. The summed E-state index contributed by atoms with van der Waals surface area (Å²) in [5.74, 6) is 1.71. The van der Waals surface area contributed by atoms with Crippen molar-refractivity contribution < 1.29 is 9.59 Å². The zero-order valence-electron chi connectivity index (χ0n) is 15.6. The molecule has 2 aliphatic heterocycles. The molecular formula is C19H25N5O2S. The molecule has 0 bridgehead atoms. The second-order valence-corrected chi connectivity index (χ2v) is 8.25. The van der Waals surface area contributed by atoms with E-state index in [2.05, 4.69) is 20.1 Å². The zero-order valence-corrected chi connectivity index (χ0v) is 16.4. The van der Waals surface area contributed by atoms with Gasteiger partial charge >= 0.3 is 0 Å². The minimum Gasteiger partial charge on any atom is -0.340 e. The maximum atomic E-state index is 13.0. The monoisotopic (exact) mass is 387 g/mol. The zero-order chi connectivity index (χ0) is 18.8. The van der Waals surface area contributed by atoms with Gasteiger partial charge in [-0.05, 0) is 44.1 Å². The smallest absolute Gasteiger partial charge is 0.261 e. The first-order chi connectivity index (χ1) is 13.1. The molecule has 2 aromatic rings. The average molecular weight is 388 g/mol. The molecular weight excluding hydrogens is 362 g/mol. The van der Waals surface area contributed by atoms with Crippen molar-refractivity contribution in [2.75, 3.05) is 6.54 Å². The Hall–Kier alpha value is -2.22. The summed E-state index contributed by atoms with van der Waals surface area (Å²) in [7, 11) is 0. The Balaban J connectivity index is 1.49. The molecule has 27 heavy (non-hydrogen) atoms. The van der Waals surface area contributed by atoms with Crippen LogP contribution in [0.25, 0.3) is 0 Å². The number of nitrogens with zero attached hydrogens (tertiary/aromatic N) is 4. The van der Waals surface area contributed by atoms with Gasteiger partial charge in [-0.3, -0.25) is 9.59 Å². The van der Waals surface area contributed by atoms with Gasteiger partial charge in [0.25, 0.3) is 5.91 Å². The molecule has 1 N–H and O–H groups in total. The summed E-state index contributed by atoms with van der Waals surface area (Å²) in [6.07, 6.45) is 6.30. The summed E-state index contributed by atoms with van der Waals surface area (Å²) in [4.78, 5) is 27.8. The lowest BCUT2D eigenvalue weighted by Crippen LogP contribution is -2.46. The van der Waals surface area contributed by atoms with E-state index in [4.69, 9.17) is 0 Å². The van der Waals surface area contributed by atoms with Crippen molar-refractivity contribution in [1.29, 1.82) is 0 Å². The lowest BCUT2D eigenvalue weighted by atomic mass is 10.2. The van der Waals surface area contributed by atoms with E-state index in [1.165, 1.54) is 17.8 Å². The molecule has 144 valence electrons. The molecule has 2 aliphatic rings. The van der Waals surface area contributed by atoms with Crippen LogP contribution < -0.4 is 5.32 Å². The molecule has 2 amide bonds. The van der Waals surface area contributed by atoms with Gasteiger partial charge in [-0.2, -0.15) is 0 Å². The number of carbonyl (C=O) groups excluding carboxylic acids is 2. The largest absolute Gasteiger partial charge is 0.340 e. The fourth-order valence-electron chi connectivity index (χ4n) is 4.04. The van der Waals surface area contributed by atoms with E-state index in [0.29, 0.717) is 11.4 Å². The maximum absolute atomic E-state index is 13.0. The van der Waals surface area contributed by atoms with E-state index in [0.717, 1.165) is 50.3 Å². The Bertz CT molecular complexity index is 816. The fourth-order valence-corrected chi connectivity index (χ4v) is 4.67. The van der Waals surface area contributed by atoms with E-state index in [1.807, 2.05) is 16.3 Å². The fraction of sp³-hybridized carbons (Fsp3) is 0.579. The standard InChI is InChI=1S/C19H25N5O2S/c1-13(20-18(25)15-8-6-12-27-15)19(26)23-11-5-7-14(23)17-22-21-16-9-3-2-4-10-24(16)17/h6,8,12-14H,2-5,7,9-11H2,1H3,(H,20,25). The Morgan fingerprint density at radius 2 is 2.11 bits per heavy atom. The summed E-state index contributed by atoms with van der Waals surface area (Å²) < 4.78 is 2.22. The molecule has 4 heterocycles. The van der Waals surface area contributed by atoms with Crippen LogP contribution in [0.1, 0.15) is 66.4 Å². The minimum atomic E-state index is -0.563. The molecule has 0 aromatic carbocycles. The van der Waals surface area contributed by atoms with Gasteiger partial charge in [0, 0.05) is 19.5 Å². The topological polar surface area (TPSA) is 80.1 Å². The van der Waals surface area contributed by atoms with E-state index in [9.17, 15) is 9.59 Å². The van der Waals surface area contributed by atoms with Gasteiger partial charge in [0.05, 0.1) is 10.9 Å². The molecule has 7 nitrogen and oxygen atoms in total. The SMILES string of the molecule is CC(NC(=O)c1cccs1)C(=O)N1CCCC1c1nnc2n1CCCCC2. The third kappa shape index (κ3) is 3.63. The van der Waals surface area contributed by atoms with Crippen molar-refractivity contribution >= 4 is 23.2 Å². The van der Waals surface area contributed by atoms with Crippen LogP contribution in [0, 0.1) is 0 Å². The number of carbonyl (C=O) groups is 2. The van der Waals surface area contributed by atoms with Gasteiger partial charge in [0.1, 0.15) is 11.9 Å². The van der Waals surface area contributed by atoms with Crippen LogP contribution in [0.15, 0.2) is 17.5 Å². The first-order valence-corrected chi connectivity index (χ1v) is 10.6. The summed E-state index contributed by atoms with van der Waals surface area (Å²) in [6, 6.07) is 2.99. The van der Waals surface area contributed by atoms with Crippen LogP contribution in [-0.4, -0.2) is 44.1 Å². The predicted molar refractivity (Wildman–Crippen MR) is 103 cm³/mol. The van der Waals surface area contributed by atoms with Gasteiger partial charge in [-0.25, -0.2) is 0 Å². The minimum absolute atomic E-state index is 0.0436. The average Bonchev–Trinajstić information content (AvgIpc) is 3.39. The number of aromatic nitrogens is 3. The first-order valence-electron chi connectivity index (χ1n) is 9.72. The van der Waals surface area contributed by atoms with Crippen molar-refractivity contribution in [1.82, 2.24) is 25.0 Å². The predicted octanol–water partition coefficient (Wildman–Crippen LogP) is 2.55. The molecule has 2 atom stereocenters. The van der Waals surface area contributed by atoms with Crippen molar-refractivity contribution in [2.24, 2.45) is 0 Å². The number of likely N-dealkylation sites (tertiary alicyclic amines) is 1. The number of thiophene rings is 1. The van der Waals surface area contributed by atoms with Gasteiger partial charge in [-0.1, -0.05) is 12.5 Å². The third-order valence-corrected chi connectivity index (χ3v) is 6.30. The highest BCUT2D eigenvalue weighted by atomic mass is 32.1. The third-order valence-electron chi connectivity index (χ3n) is 5.44. The Kier molecular flexibility index (Phi) is 5.24. The number of amides is 2. The molecule has 0 spiro atoms. The van der Waals surface area contributed by atoms with E-state index in [1.54, 1.807) is 13.0 Å². The van der Waals surface area contributed by atoms with E-state index in [-0.39, 0.29) is 17.9 Å². The Morgan fingerprint density at radius 1 is 1.22 bits per heavy atom. The van der Waals surface area contributed by atoms with E-state index >= 15 is 0 Å². The second kappa shape index (κ2) is 7.80. The molecule has 4 rings (SSSR count). The highest BCUT2D eigenvalue weighted by molar-refractivity contribution is 7.12. The molecule has 2 aromatic heterocycles. The molecule has 1 saturated heterocycles. The van der Waals surface area contributed by atoms with Crippen LogP contribution in [-0.2, 0) is 17.8 Å². The Labute approximate surface area is 162 Å². The van der Waals surface area contributed by atoms with Crippen molar-refractivity contribution in [3.63, 3.8) is 0 Å². The summed E-state index contributed by atoms with van der Waals surface area (Å²) in [5, 5.41) is 13.5. The summed E-state index contributed by atoms with van der Waals surface area (Å²) >= 11 is 1.37.